The van der Waals surface area contributed by atoms with Gasteiger partial charge in [0.15, 0.2) is 0 Å². The zero-order valence-electron chi connectivity index (χ0n) is 13.1. The molecule has 1 saturated heterocycles. The normalized spacial score (nSPS) is 20.2. The van der Waals surface area contributed by atoms with Crippen LogP contribution < -0.4 is 16.0 Å². The Kier molecular flexibility index (Phi) is 7.16. The highest BCUT2D eigenvalue weighted by molar-refractivity contribution is 9.10. The Labute approximate surface area is 147 Å². The number of halogens is 2. The molecule has 0 radical (unpaired) electrons. The van der Waals surface area contributed by atoms with Gasteiger partial charge in [-0.15, -0.1) is 12.4 Å². The van der Waals surface area contributed by atoms with Gasteiger partial charge in [-0.05, 0) is 47.8 Å². The van der Waals surface area contributed by atoms with Gasteiger partial charge in [-0.25, -0.2) is 0 Å². The first-order valence-electron chi connectivity index (χ1n) is 7.53. The van der Waals surface area contributed by atoms with Gasteiger partial charge >= 0.3 is 0 Å². The molecule has 22 heavy (non-hydrogen) atoms. The number of hydrogen-bond donors (Lipinski definition) is 2. The molecule has 2 atom stereocenters. The van der Waals surface area contributed by atoms with E-state index >= 15 is 0 Å². The molecule has 0 aliphatic carbocycles. The molecule has 1 amide bonds. The summed E-state index contributed by atoms with van der Waals surface area (Å²) >= 11 is 3.58. The number of nitrogens with one attached hydrogen (secondary N) is 1. The topological polar surface area (TPSA) is 58.4 Å². The fourth-order valence-electron chi connectivity index (χ4n) is 2.79. The van der Waals surface area contributed by atoms with Gasteiger partial charge in [0, 0.05) is 23.6 Å². The quantitative estimate of drug-likeness (QED) is 0.812. The molecule has 1 heterocycles. The predicted molar refractivity (Wildman–Crippen MR) is 97.7 cm³/mol. The Bertz CT molecular complexity index is 510. The van der Waals surface area contributed by atoms with Crippen LogP contribution in [0.3, 0.4) is 0 Å². The maximum absolute atomic E-state index is 12.3. The van der Waals surface area contributed by atoms with Gasteiger partial charge in [0.1, 0.15) is 0 Å². The molecule has 4 nitrogen and oxygen atoms in total. The minimum Gasteiger partial charge on any atom is -0.368 e. The molecule has 2 rings (SSSR count). The summed E-state index contributed by atoms with van der Waals surface area (Å²) in [5, 5.41) is 3.10. The first-order chi connectivity index (χ1) is 9.94. The predicted octanol–water partition coefficient (Wildman–Crippen LogP) is 3.08. The van der Waals surface area contributed by atoms with Crippen molar-refractivity contribution in [3.63, 3.8) is 0 Å². The molecule has 0 spiro atoms. The molecule has 0 saturated carbocycles. The number of anilines is 1. The largest absolute Gasteiger partial charge is 0.368 e. The maximum Gasteiger partial charge on any atom is 0.240 e. The second kappa shape index (κ2) is 8.18. The molecular weight excluding hydrogens is 366 g/mol. The van der Waals surface area contributed by atoms with E-state index in [1.54, 1.807) is 0 Å². The number of para-hydroxylation sites is 1. The van der Waals surface area contributed by atoms with Crippen LogP contribution in [0.1, 0.15) is 33.1 Å². The summed E-state index contributed by atoms with van der Waals surface area (Å²) in [7, 11) is 0. The van der Waals surface area contributed by atoms with Crippen molar-refractivity contribution in [3.8, 4) is 0 Å². The lowest BCUT2D eigenvalue weighted by Gasteiger charge is -2.26. The summed E-state index contributed by atoms with van der Waals surface area (Å²) in [6.07, 6.45) is 2.57. The lowest BCUT2D eigenvalue weighted by Crippen LogP contribution is -2.54. The van der Waals surface area contributed by atoms with Crippen LogP contribution in [-0.4, -0.2) is 30.6 Å². The molecule has 1 aliphatic rings. The van der Waals surface area contributed by atoms with Gasteiger partial charge in [-0.3, -0.25) is 4.79 Å². The number of benzene rings is 1. The number of hydrogen-bond acceptors (Lipinski definition) is 3. The highest BCUT2D eigenvalue weighted by atomic mass is 79.9. The van der Waals surface area contributed by atoms with Gasteiger partial charge in [-0.2, -0.15) is 0 Å². The number of nitrogens with two attached hydrogens (primary N) is 1. The monoisotopic (exact) mass is 389 g/mol. The first-order valence-corrected chi connectivity index (χ1v) is 8.32. The fourth-order valence-corrected chi connectivity index (χ4v) is 3.32. The lowest BCUT2D eigenvalue weighted by atomic mass is 9.96. The standard InChI is InChI=1S/C16H24BrN3O.ClH/c1-3-9-16(2,18)15(21)19-12-8-10-20(11-12)14-7-5-4-6-13(14)17;/h4-7,12H,3,8-11,18H2,1-2H3,(H,19,21);1H. The zero-order valence-corrected chi connectivity index (χ0v) is 15.5. The van der Waals surface area contributed by atoms with Crippen molar-refractivity contribution in [3.05, 3.63) is 28.7 Å². The van der Waals surface area contributed by atoms with Gasteiger partial charge in [0.05, 0.1) is 11.2 Å². The Morgan fingerprint density at radius 3 is 2.82 bits per heavy atom. The van der Waals surface area contributed by atoms with Gasteiger partial charge < -0.3 is 16.0 Å². The van der Waals surface area contributed by atoms with Crippen molar-refractivity contribution in [1.82, 2.24) is 5.32 Å². The van der Waals surface area contributed by atoms with Crippen LogP contribution in [0.2, 0.25) is 0 Å². The molecule has 6 heteroatoms. The molecule has 2 unspecified atom stereocenters. The average Bonchev–Trinajstić information content (AvgIpc) is 2.87. The highest BCUT2D eigenvalue weighted by Gasteiger charge is 2.31. The Morgan fingerprint density at radius 1 is 1.50 bits per heavy atom. The summed E-state index contributed by atoms with van der Waals surface area (Å²) < 4.78 is 1.09. The molecule has 1 aromatic carbocycles. The zero-order chi connectivity index (χ0) is 15.5. The van der Waals surface area contributed by atoms with Crippen molar-refractivity contribution in [2.24, 2.45) is 5.73 Å². The van der Waals surface area contributed by atoms with Crippen molar-refractivity contribution in [2.45, 2.75) is 44.7 Å². The minimum absolute atomic E-state index is 0. The summed E-state index contributed by atoms with van der Waals surface area (Å²) in [6, 6.07) is 8.35. The van der Waals surface area contributed by atoms with Crippen LogP contribution in [0, 0.1) is 0 Å². The Balaban J connectivity index is 0.00000242. The van der Waals surface area contributed by atoms with Gasteiger partial charge in [0.25, 0.3) is 0 Å². The first kappa shape index (κ1) is 19.3. The second-order valence-electron chi connectivity index (χ2n) is 6.02. The van der Waals surface area contributed by atoms with Crippen molar-refractivity contribution in [1.29, 1.82) is 0 Å². The average molecular weight is 391 g/mol. The van der Waals surface area contributed by atoms with Gasteiger partial charge in [-0.1, -0.05) is 25.5 Å². The molecular formula is C16H25BrClN3O. The number of amides is 1. The van der Waals surface area contributed by atoms with E-state index in [1.165, 1.54) is 5.69 Å². The van der Waals surface area contributed by atoms with Crippen LogP contribution in [-0.2, 0) is 4.79 Å². The van der Waals surface area contributed by atoms with E-state index in [4.69, 9.17) is 5.73 Å². The van der Waals surface area contributed by atoms with Crippen molar-refractivity contribution < 1.29 is 4.79 Å². The van der Waals surface area contributed by atoms with E-state index in [1.807, 2.05) is 32.0 Å². The number of nitrogens with zero attached hydrogens (tertiary/aromatic N) is 1. The summed E-state index contributed by atoms with van der Waals surface area (Å²) in [5.74, 6) is -0.0386. The molecule has 1 aliphatic heterocycles. The number of carbonyl (C=O) groups excluding carboxylic acids is 1. The maximum atomic E-state index is 12.3. The number of rotatable bonds is 5. The summed E-state index contributed by atoms with van der Waals surface area (Å²) in [4.78, 5) is 14.6. The van der Waals surface area contributed by atoms with Crippen LogP contribution in [0.15, 0.2) is 28.7 Å². The van der Waals surface area contributed by atoms with E-state index in [0.29, 0.717) is 6.42 Å². The van der Waals surface area contributed by atoms with Gasteiger partial charge in [0.2, 0.25) is 5.91 Å². The van der Waals surface area contributed by atoms with E-state index in [2.05, 4.69) is 32.2 Å². The second-order valence-corrected chi connectivity index (χ2v) is 6.88. The summed E-state index contributed by atoms with van der Waals surface area (Å²) in [6.45, 7) is 5.63. The lowest BCUT2D eigenvalue weighted by molar-refractivity contribution is -0.126. The third-order valence-corrected chi connectivity index (χ3v) is 4.68. The third kappa shape index (κ3) is 4.61. The number of carbonyl (C=O) groups is 1. The molecule has 124 valence electrons. The molecule has 0 bridgehead atoms. The molecule has 0 aromatic heterocycles. The van der Waals surface area contributed by atoms with E-state index in [-0.39, 0.29) is 24.4 Å². The van der Waals surface area contributed by atoms with Crippen LogP contribution in [0.5, 0.6) is 0 Å². The Hall–Kier alpha value is -0.780. The Morgan fingerprint density at radius 2 is 2.18 bits per heavy atom. The third-order valence-electron chi connectivity index (χ3n) is 4.00. The molecule has 1 aromatic rings. The smallest absolute Gasteiger partial charge is 0.240 e. The van der Waals surface area contributed by atoms with E-state index in [9.17, 15) is 4.79 Å². The van der Waals surface area contributed by atoms with Crippen molar-refractivity contribution in [2.75, 3.05) is 18.0 Å². The minimum atomic E-state index is -0.768. The van der Waals surface area contributed by atoms with E-state index < -0.39 is 5.54 Å². The highest BCUT2D eigenvalue weighted by Crippen LogP contribution is 2.28. The summed E-state index contributed by atoms with van der Waals surface area (Å²) in [5.41, 5.74) is 6.50. The SMILES string of the molecule is CCCC(C)(N)C(=O)NC1CCN(c2ccccc2Br)C1.Cl. The fraction of sp³-hybridized carbons (Fsp3) is 0.562. The van der Waals surface area contributed by atoms with Crippen molar-refractivity contribution >= 4 is 39.9 Å². The van der Waals surface area contributed by atoms with Crippen LogP contribution in [0.25, 0.3) is 0 Å². The molecule has 3 N–H and O–H groups in total. The van der Waals surface area contributed by atoms with Crippen LogP contribution in [0.4, 0.5) is 5.69 Å². The molecule has 1 fully saturated rings. The van der Waals surface area contributed by atoms with Crippen LogP contribution >= 0.6 is 28.3 Å². The van der Waals surface area contributed by atoms with E-state index in [0.717, 1.165) is 30.4 Å².